The molecule has 0 unspecified atom stereocenters. The largest absolute Gasteiger partial charge is 0.488 e. The van der Waals surface area contributed by atoms with E-state index in [1.54, 1.807) is 0 Å². The van der Waals surface area contributed by atoms with Gasteiger partial charge in [0.1, 0.15) is 24.0 Å². The summed E-state index contributed by atoms with van der Waals surface area (Å²) in [6.45, 7) is 1.39. The molecular formula is C10H10N2O2S. The van der Waals surface area contributed by atoms with Crippen LogP contribution in [-0.2, 0) is 4.74 Å². The molecule has 0 bridgehead atoms. The molecule has 0 radical (unpaired) electrons. The second kappa shape index (κ2) is 3.36. The fourth-order valence-electron chi connectivity index (χ4n) is 1.40. The van der Waals surface area contributed by atoms with Crippen LogP contribution in [0.1, 0.15) is 0 Å². The molecule has 1 aromatic heterocycles. The lowest BCUT2D eigenvalue weighted by Gasteiger charge is -2.03. The second-order valence-corrected chi connectivity index (χ2v) is 4.48. The molecule has 1 saturated heterocycles. The molecule has 2 aromatic rings. The summed E-state index contributed by atoms with van der Waals surface area (Å²) in [4.78, 5) is 4.24. The first-order valence-corrected chi connectivity index (χ1v) is 5.54. The minimum absolute atomic E-state index is 0.260. The lowest BCUT2D eigenvalue weighted by Crippen LogP contribution is -2.04. The van der Waals surface area contributed by atoms with Crippen molar-refractivity contribution in [2.75, 3.05) is 18.9 Å². The SMILES string of the molecule is Nc1nc2c(OC[C@@H]3CO3)cccc2s1. The summed E-state index contributed by atoms with van der Waals surface area (Å²) in [5.41, 5.74) is 6.50. The first kappa shape index (κ1) is 8.94. The van der Waals surface area contributed by atoms with Crippen LogP contribution in [0.5, 0.6) is 5.75 Å². The predicted octanol–water partition coefficient (Wildman–Crippen LogP) is 1.66. The number of epoxide rings is 1. The topological polar surface area (TPSA) is 60.7 Å². The van der Waals surface area contributed by atoms with Gasteiger partial charge in [0.05, 0.1) is 11.3 Å². The van der Waals surface area contributed by atoms with Gasteiger partial charge in [-0.3, -0.25) is 0 Å². The zero-order chi connectivity index (χ0) is 10.3. The van der Waals surface area contributed by atoms with Crippen LogP contribution in [0.3, 0.4) is 0 Å². The molecule has 1 fully saturated rings. The van der Waals surface area contributed by atoms with E-state index in [0.717, 1.165) is 22.6 Å². The Hall–Kier alpha value is -1.33. The Labute approximate surface area is 90.6 Å². The van der Waals surface area contributed by atoms with Gasteiger partial charge in [0.2, 0.25) is 0 Å². The summed E-state index contributed by atoms with van der Waals surface area (Å²) >= 11 is 1.47. The van der Waals surface area contributed by atoms with Gasteiger partial charge in [-0.25, -0.2) is 4.98 Å². The number of fused-ring (bicyclic) bond motifs is 1. The van der Waals surface area contributed by atoms with Crippen LogP contribution in [-0.4, -0.2) is 24.3 Å². The third kappa shape index (κ3) is 1.75. The highest BCUT2D eigenvalue weighted by atomic mass is 32.1. The Kier molecular flexibility index (Phi) is 2.00. The number of nitrogen functional groups attached to an aromatic ring is 1. The third-order valence-electron chi connectivity index (χ3n) is 2.23. The maximum absolute atomic E-state index is 5.65. The highest BCUT2D eigenvalue weighted by Crippen LogP contribution is 2.31. The summed E-state index contributed by atoms with van der Waals surface area (Å²) in [7, 11) is 0. The van der Waals surface area contributed by atoms with Crippen molar-refractivity contribution < 1.29 is 9.47 Å². The molecule has 5 heteroatoms. The fourth-order valence-corrected chi connectivity index (χ4v) is 2.16. The molecule has 0 aliphatic carbocycles. The molecule has 1 aliphatic heterocycles. The summed E-state index contributed by atoms with van der Waals surface area (Å²) in [5.74, 6) is 0.788. The van der Waals surface area contributed by atoms with Crippen molar-refractivity contribution in [3.05, 3.63) is 18.2 Å². The number of nitrogens with two attached hydrogens (primary N) is 1. The first-order chi connectivity index (χ1) is 7.33. The highest BCUT2D eigenvalue weighted by Gasteiger charge is 2.23. The zero-order valence-electron chi connectivity index (χ0n) is 7.97. The van der Waals surface area contributed by atoms with Gasteiger partial charge < -0.3 is 15.2 Å². The van der Waals surface area contributed by atoms with Gasteiger partial charge in [-0.1, -0.05) is 17.4 Å². The monoisotopic (exact) mass is 222 g/mol. The van der Waals surface area contributed by atoms with Crippen LogP contribution in [0.2, 0.25) is 0 Å². The van der Waals surface area contributed by atoms with E-state index in [9.17, 15) is 0 Å². The van der Waals surface area contributed by atoms with Gasteiger partial charge in [-0.05, 0) is 12.1 Å². The number of hydrogen-bond donors (Lipinski definition) is 1. The van der Waals surface area contributed by atoms with E-state index >= 15 is 0 Å². The van der Waals surface area contributed by atoms with Crippen molar-refractivity contribution in [2.45, 2.75) is 6.10 Å². The number of rotatable bonds is 3. The smallest absolute Gasteiger partial charge is 0.181 e. The van der Waals surface area contributed by atoms with Gasteiger partial charge >= 0.3 is 0 Å². The standard InChI is InChI=1S/C10H10N2O2S/c11-10-12-9-7(14-5-6-4-13-6)2-1-3-8(9)15-10/h1-3,6H,4-5H2,(H2,11,12)/t6-/m0/s1. The number of anilines is 1. The molecule has 1 aromatic carbocycles. The number of hydrogen-bond acceptors (Lipinski definition) is 5. The van der Waals surface area contributed by atoms with E-state index in [2.05, 4.69) is 4.98 Å². The minimum atomic E-state index is 0.260. The molecule has 0 spiro atoms. The number of nitrogens with zero attached hydrogens (tertiary/aromatic N) is 1. The lowest BCUT2D eigenvalue weighted by atomic mass is 10.3. The fraction of sp³-hybridized carbons (Fsp3) is 0.300. The van der Waals surface area contributed by atoms with E-state index in [1.165, 1.54) is 11.3 Å². The third-order valence-corrected chi connectivity index (χ3v) is 3.08. The molecule has 3 rings (SSSR count). The number of ether oxygens (including phenoxy) is 2. The maximum atomic E-state index is 5.65. The van der Waals surface area contributed by atoms with Gasteiger partial charge in [-0.2, -0.15) is 0 Å². The molecule has 78 valence electrons. The lowest BCUT2D eigenvalue weighted by molar-refractivity contribution is 0.265. The van der Waals surface area contributed by atoms with Crippen LogP contribution < -0.4 is 10.5 Å². The molecular weight excluding hydrogens is 212 g/mol. The van der Waals surface area contributed by atoms with Gasteiger partial charge in [0, 0.05) is 0 Å². The second-order valence-electron chi connectivity index (χ2n) is 3.42. The van der Waals surface area contributed by atoms with Crippen molar-refractivity contribution in [3.8, 4) is 5.75 Å². The van der Waals surface area contributed by atoms with Crippen molar-refractivity contribution in [1.29, 1.82) is 0 Å². The molecule has 1 aliphatic rings. The van der Waals surface area contributed by atoms with Crippen molar-refractivity contribution in [3.63, 3.8) is 0 Å². The summed E-state index contributed by atoms with van der Waals surface area (Å²) in [6, 6.07) is 5.84. The molecule has 2 heterocycles. The summed E-state index contributed by atoms with van der Waals surface area (Å²) in [6.07, 6.45) is 0.260. The predicted molar refractivity (Wildman–Crippen MR) is 59.3 cm³/mol. The van der Waals surface area contributed by atoms with Crippen LogP contribution in [0.25, 0.3) is 10.2 Å². The van der Waals surface area contributed by atoms with Gasteiger partial charge in [0.15, 0.2) is 5.13 Å². The Morgan fingerprint density at radius 2 is 2.47 bits per heavy atom. The minimum Gasteiger partial charge on any atom is -0.488 e. The van der Waals surface area contributed by atoms with E-state index in [1.807, 2.05) is 18.2 Å². The number of aromatic nitrogens is 1. The number of para-hydroxylation sites is 1. The quantitative estimate of drug-likeness (QED) is 0.802. The molecule has 2 N–H and O–H groups in total. The zero-order valence-corrected chi connectivity index (χ0v) is 8.79. The van der Waals surface area contributed by atoms with Crippen LogP contribution in [0.15, 0.2) is 18.2 Å². The Balaban J connectivity index is 1.93. The molecule has 0 amide bonds. The normalized spacial score (nSPS) is 19.3. The van der Waals surface area contributed by atoms with E-state index < -0.39 is 0 Å². The van der Waals surface area contributed by atoms with Gasteiger partial charge in [-0.15, -0.1) is 0 Å². The Morgan fingerprint density at radius 3 is 3.27 bits per heavy atom. The summed E-state index contributed by atoms with van der Waals surface area (Å²) < 4.78 is 11.8. The van der Waals surface area contributed by atoms with Crippen LogP contribution in [0.4, 0.5) is 5.13 Å². The van der Waals surface area contributed by atoms with Crippen LogP contribution >= 0.6 is 11.3 Å². The maximum Gasteiger partial charge on any atom is 0.181 e. The Morgan fingerprint density at radius 1 is 1.60 bits per heavy atom. The molecule has 0 saturated carbocycles. The van der Waals surface area contributed by atoms with Gasteiger partial charge in [0.25, 0.3) is 0 Å². The van der Waals surface area contributed by atoms with Crippen LogP contribution in [0, 0.1) is 0 Å². The molecule has 4 nitrogen and oxygen atoms in total. The van der Waals surface area contributed by atoms with E-state index in [0.29, 0.717) is 11.7 Å². The molecule has 15 heavy (non-hydrogen) atoms. The summed E-state index contributed by atoms with van der Waals surface area (Å²) in [5, 5.41) is 0.573. The Bertz CT molecular complexity index is 493. The van der Waals surface area contributed by atoms with Crippen molar-refractivity contribution >= 4 is 26.7 Å². The van der Waals surface area contributed by atoms with E-state index in [-0.39, 0.29) is 6.10 Å². The number of benzene rings is 1. The average Bonchev–Trinajstić information content (AvgIpc) is 2.96. The molecule has 1 atom stereocenters. The first-order valence-electron chi connectivity index (χ1n) is 4.72. The highest BCUT2D eigenvalue weighted by molar-refractivity contribution is 7.22. The average molecular weight is 222 g/mol. The number of thiazole rings is 1. The van der Waals surface area contributed by atoms with Crippen molar-refractivity contribution in [2.24, 2.45) is 0 Å². The van der Waals surface area contributed by atoms with Crippen molar-refractivity contribution in [1.82, 2.24) is 4.98 Å². The van der Waals surface area contributed by atoms with E-state index in [4.69, 9.17) is 15.2 Å².